The molecule has 1 saturated heterocycles. The van der Waals surface area contributed by atoms with Crippen molar-refractivity contribution in [3.8, 4) is 0 Å². The van der Waals surface area contributed by atoms with Crippen molar-refractivity contribution < 1.29 is 14.8 Å². The zero-order valence-electron chi connectivity index (χ0n) is 15.2. The predicted molar refractivity (Wildman–Crippen MR) is 104 cm³/mol. The molecule has 0 saturated carbocycles. The van der Waals surface area contributed by atoms with Crippen LogP contribution in [0.4, 0.5) is 10.5 Å². The number of carboxylic acid groups (broad SMARTS) is 1. The lowest BCUT2D eigenvalue weighted by atomic mass is 9.76. The van der Waals surface area contributed by atoms with E-state index in [1.165, 1.54) is 11.1 Å². The molecule has 0 bridgehead atoms. The van der Waals surface area contributed by atoms with E-state index < -0.39 is 11.0 Å². The Bertz CT molecular complexity index is 941. The van der Waals surface area contributed by atoms with E-state index in [2.05, 4.69) is 4.98 Å². The number of piperidine rings is 1. The molecular weight excluding hydrogens is 382 g/mol. The monoisotopic (exact) mass is 401 g/mol. The largest absolute Gasteiger partial charge is 0.465 e. The van der Waals surface area contributed by atoms with Gasteiger partial charge in [-0.15, -0.1) is 0 Å². The lowest BCUT2D eigenvalue weighted by molar-refractivity contribution is -0.385. The SMILES string of the molecule is O=C(O)N1CCC(C2c3ccc(Cl)cc3CCc3cc([N+](=O)[O-])cnc32)CC1. The maximum atomic E-state index is 11.3. The van der Waals surface area contributed by atoms with Gasteiger partial charge in [-0.2, -0.15) is 0 Å². The zero-order chi connectivity index (χ0) is 19.8. The van der Waals surface area contributed by atoms with Gasteiger partial charge in [-0.3, -0.25) is 15.1 Å². The van der Waals surface area contributed by atoms with Crippen molar-refractivity contribution in [3.05, 3.63) is 68.0 Å². The van der Waals surface area contributed by atoms with Crippen LogP contribution >= 0.6 is 11.6 Å². The third-order valence-electron chi connectivity index (χ3n) is 5.88. The molecule has 1 aliphatic heterocycles. The van der Waals surface area contributed by atoms with Crippen LogP contribution in [0, 0.1) is 16.0 Å². The molecule has 8 heteroatoms. The first-order chi connectivity index (χ1) is 13.4. The molecule has 1 aromatic heterocycles. The van der Waals surface area contributed by atoms with E-state index in [9.17, 15) is 20.0 Å². The summed E-state index contributed by atoms with van der Waals surface area (Å²) in [4.78, 5) is 28.0. The third kappa shape index (κ3) is 3.42. The first-order valence-corrected chi connectivity index (χ1v) is 9.71. The van der Waals surface area contributed by atoms with Gasteiger partial charge in [-0.25, -0.2) is 4.79 Å². The number of likely N-dealkylation sites (tertiary alicyclic amines) is 1. The Hall–Kier alpha value is -2.67. The Balaban J connectivity index is 1.77. The Morgan fingerprint density at radius 2 is 1.93 bits per heavy atom. The summed E-state index contributed by atoms with van der Waals surface area (Å²) in [6, 6.07) is 7.51. The molecule has 2 aromatic rings. The lowest BCUT2D eigenvalue weighted by Crippen LogP contribution is -2.39. The van der Waals surface area contributed by atoms with Crippen molar-refractivity contribution in [1.82, 2.24) is 9.88 Å². The van der Waals surface area contributed by atoms with Gasteiger partial charge in [0.1, 0.15) is 6.20 Å². The van der Waals surface area contributed by atoms with E-state index >= 15 is 0 Å². The highest BCUT2D eigenvalue weighted by Gasteiger charge is 2.35. The molecule has 2 heterocycles. The summed E-state index contributed by atoms with van der Waals surface area (Å²) in [5.41, 5.74) is 4.06. The fraction of sp³-hybridized carbons (Fsp3) is 0.400. The first-order valence-electron chi connectivity index (χ1n) is 9.33. The molecule has 0 spiro atoms. The molecule has 1 atom stereocenters. The second-order valence-electron chi connectivity index (χ2n) is 7.42. The number of benzene rings is 1. The van der Waals surface area contributed by atoms with Gasteiger partial charge in [0.05, 0.1) is 10.6 Å². The van der Waals surface area contributed by atoms with Crippen LogP contribution in [0.1, 0.15) is 41.1 Å². The van der Waals surface area contributed by atoms with Crippen LogP contribution in [0.2, 0.25) is 5.02 Å². The average Bonchev–Trinajstić information content (AvgIpc) is 2.84. The molecule has 1 aromatic carbocycles. The maximum absolute atomic E-state index is 11.3. The number of carbonyl (C=O) groups is 1. The van der Waals surface area contributed by atoms with Crippen molar-refractivity contribution in [3.63, 3.8) is 0 Å². The Kier molecular flexibility index (Phi) is 4.93. The average molecular weight is 402 g/mol. The lowest BCUT2D eigenvalue weighted by Gasteiger charge is -2.35. The van der Waals surface area contributed by atoms with Crippen LogP contribution in [-0.4, -0.2) is 39.1 Å². The summed E-state index contributed by atoms with van der Waals surface area (Å²) < 4.78 is 0. The molecule has 1 amide bonds. The number of fused-ring (bicyclic) bond motifs is 2. The maximum Gasteiger partial charge on any atom is 0.407 e. The fourth-order valence-corrected chi connectivity index (χ4v) is 4.70. The van der Waals surface area contributed by atoms with Crippen molar-refractivity contribution in [2.75, 3.05) is 13.1 Å². The van der Waals surface area contributed by atoms with Crippen molar-refractivity contribution >= 4 is 23.4 Å². The number of rotatable bonds is 2. The summed E-state index contributed by atoms with van der Waals surface area (Å²) in [6.07, 6.45) is 3.33. The molecule has 7 nitrogen and oxygen atoms in total. The molecule has 4 rings (SSSR count). The van der Waals surface area contributed by atoms with Gasteiger partial charge in [0, 0.05) is 30.1 Å². The second-order valence-corrected chi connectivity index (χ2v) is 7.86. The van der Waals surface area contributed by atoms with E-state index in [4.69, 9.17) is 11.6 Å². The molecule has 1 unspecified atom stereocenters. The normalized spacial score (nSPS) is 19.5. The van der Waals surface area contributed by atoms with Gasteiger partial charge in [-0.1, -0.05) is 17.7 Å². The minimum absolute atomic E-state index is 0.00202. The zero-order valence-corrected chi connectivity index (χ0v) is 15.9. The number of pyridine rings is 1. The van der Waals surface area contributed by atoms with E-state index in [1.807, 2.05) is 18.2 Å². The van der Waals surface area contributed by atoms with Gasteiger partial charge in [0.15, 0.2) is 0 Å². The second kappa shape index (κ2) is 7.39. The highest BCUT2D eigenvalue weighted by molar-refractivity contribution is 6.30. The summed E-state index contributed by atoms with van der Waals surface area (Å²) in [7, 11) is 0. The van der Waals surface area contributed by atoms with E-state index in [0.29, 0.717) is 24.5 Å². The van der Waals surface area contributed by atoms with Crippen LogP contribution in [0.5, 0.6) is 0 Å². The summed E-state index contributed by atoms with van der Waals surface area (Å²) in [5, 5.41) is 21.1. The molecule has 1 aliphatic carbocycles. The van der Waals surface area contributed by atoms with Crippen LogP contribution in [0.15, 0.2) is 30.5 Å². The number of aryl methyl sites for hydroxylation is 2. The first kappa shape index (κ1) is 18.7. The highest BCUT2D eigenvalue weighted by atomic mass is 35.5. The quantitative estimate of drug-likeness (QED) is 0.598. The highest BCUT2D eigenvalue weighted by Crippen LogP contribution is 2.43. The summed E-state index contributed by atoms with van der Waals surface area (Å²) >= 11 is 6.22. The van der Waals surface area contributed by atoms with E-state index in [1.54, 1.807) is 6.07 Å². The molecular formula is C20H20ClN3O4. The number of amides is 1. The number of halogens is 1. The Morgan fingerprint density at radius 3 is 2.61 bits per heavy atom. The van der Waals surface area contributed by atoms with E-state index in [-0.39, 0.29) is 17.5 Å². The number of hydrogen-bond donors (Lipinski definition) is 1. The van der Waals surface area contributed by atoms with Gasteiger partial charge >= 0.3 is 6.09 Å². The van der Waals surface area contributed by atoms with Crippen LogP contribution in [0.25, 0.3) is 0 Å². The molecule has 0 radical (unpaired) electrons. The van der Waals surface area contributed by atoms with Gasteiger partial charge in [-0.05, 0) is 60.4 Å². The minimum atomic E-state index is -0.888. The van der Waals surface area contributed by atoms with Crippen LogP contribution in [-0.2, 0) is 12.8 Å². The summed E-state index contributed by atoms with van der Waals surface area (Å²) in [5.74, 6) is 0.211. The van der Waals surface area contributed by atoms with Crippen LogP contribution < -0.4 is 0 Å². The smallest absolute Gasteiger partial charge is 0.407 e. The molecule has 1 N–H and O–H groups in total. The molecule has 2 aliphatic rings. The Labute approximate surface area is 167 Å². The fourth-order valence-electron chi connectivity index (χ4n) is 4.50. The van der Waals surface area contributed by atoms with Crippen molar-refractivity contribution in [2.24, 2.45) is 5.92 Å². The minimum Gasteiger partial charge on any atom is -0.465 e. The topological polar surface area (TPSA) is 96.6 Å². The number of aromatic nitrogens is 1. The standard InChI is InChI=1S/C20H20ClN3O4/c21-15-3-4-17-13(9-15)1-2-14-10-16(24(27)28)11-22-19(14)18(17)12-5-7-23(8-6-12)20(25)26/h3-4,9-12,18H,1-2,5-8H2,(H,25,26). The predicted octanol–water partition coefficient (Wildman–Crippen LogP) is 4.26. The summed E-state index contributed by atoms with van der Waals surface area (Å²) in [6.45, 7) is 0.976. The Morgan fingerprint density at radius 1 is 1.21 bits per heavy atom. The van der Waals surface area contributed by atoms with E-state index in [0.717, 1.165) is 41.6 Å². The van der Waals surface area contributed by atoms with Gasteiger partial charge < -0.3 is 10.0 Å². The van der Waals surface area contributed by atoms with Gasteiger partial charge in [0.2, 0.25) is 0 Å². The number of hydrogen-bond acceptors (Lipinski definition) is 4. The van der Waals surface area contributed by atoms with Crippen molar-refractivity contribution in [1.29, 1.82) is 0 Å². The van der Waals surface area contributed by atoms with Crippen LogP contribution in [0.3, 0.4) is 0 Å². The molecule has 1 fully saturated rings. The van der Waals surface area contributed by atoms with Crippen molar-refractivity contribution in [2.45, 2.75) is 31.6 Å². The van der Waals surface area contributed by atoms with Gasteiger partial charge in [0.25, 0.3) is 5.69 Å². The molecule has 146 valence electrons. The number of nitro groups is 1. The third-order valence-corrected chi connectivity index (χ3v) is 6.11. The number of nitrogens with zero attached hydrogens (tertiary/aromatic N) is 3. The molecule has 28 heavy (non-hydrogen) atoms.